The van der Waals surface area contributed by atoms with E-state index in [2.05, 4.69) is 16.4 Å². The average molecular weight is 234 g/mol. The highest BCUT2D eigenvalue weighted by molar-refractivity contribution is 5.46. The molecule has 1 aromatic heterocycles. The zero-order valence-electron chi connectivity index (χ0n) is 10.4. The summed E-state index contributed by atoms with van der Waals surface area (Å²) in [5.74, 6) is 1.08. The van der Waals surface area contributed by atoms with Crippen molar-refractivity contribution in [2.24, 2.45) is 0 Å². The summed E-state index contributed by atoms with van der Waals surface area (Å²) in [5.41, 5.74) is 1.35. The first-order valence-electron chi connectivity index (χ1n) is 6.71. The van der Waals surface area contributed by atoms with Crippen LogP contribution < -0.4 is 5.32 Å². The molecule has 0 amide bonds. The van der Waals surface area contributed by atoms with E-state index in [9.17, 15) is 0 Å². The van der Waals surface area contributed by atoms with Gasteiger partial charge in [0.05, 0.1) is 0 Å². The summed E-state index contributed by atoms with van der Waals surface area (Å²) < 4.78 is 0. The van der Waals surface area contributed by atoms with Crippen LogP contribution in [0.1, 0.15) is 44.1 Å². The number of hydrogen-bond acceptors (Lipinski definition) is 3. The van der Waals surface area contributed by atoms with E-state index in [0.717, 1.165) is 25.1 Å². The molecular weight excluding hydrogens is 212 g/mol. The number of pyridine rings is 1. The number of aliphatic hydroxyl groups excluding tert-OH is 1. The monoisotopic (exact) mass is 234 g/mol. The van der Waals surface area contributed by atoms with Gasteiger partial charge in [-0.25, -0.2) is 4.98 Å². The molecule has 0 fully saturated rings. The smallest absolute Gasteiger partial charge is 0.129 e. The third kappa shape index (κ3) is 3.70. The van der Waals surface area contributed by atoms with Gasteiger partial charge in [-0.15, -0.1) is 0 Å². The van der Waals surface area contributed by atoms with Gasteiger partial charge in [-0.2, -0.15) is 0 Å². The quantitative estimate of drug-likeness (QED) is 0.744. The number of aromatic nitrogens is 1. The summed E-state index contributed by atoms with van der Waals surface area (Å²) in [7, 11) is 0. The highest BCUT2D eigenvalue weighted by atomic mass is 16.2. The molecule has 2 heterocycles. The lowest BCUT2D eigenvalue weighted by Crippen LogP contribution is -2.26. The van der Waals surface area contributed by atoms with Crippen molar-refractivity contribution in [3.05, 3.63) is 23.9 Å². The molecule has 0 radical (unpaired) electrons. The fourth-order valence-electron chi connectivity index (χ4n) is 2.44. The van der Waals surface area contributed by atoms with Crippen LogP contribution in [0.4, 0.5) is 5.82 Å². The Morgan fingerprint density at radius 2 is 2.18 bits per heavy atom. The van der Waals surface area contributed by atoms with E-state index in [1.54, 1.807) is 0 Å². The maximum atomic E-state index is 8.70. The van der Waals surface area contributed by atoms with Crippen LogP contribution in [0.15, 0.2) is 18.3 Å². The number of rotatable bonds is 6. The van der Waals surface area contributed by atoms with Gasteiger partial charge < -0.3 is 10.4 Å². The summed E-state index contributed by atoms with van der Waals surface area (Å²) in [5, 5.41) is 12.2. The molecule has 0 saturated carbocycles. The lowest BCUT2D eigenvalue weighted by atomic mass is 9.96. The van der Waals surface area contributed by atoms with Crippen LogP contribution in [0.25, 0.3) is 0 Å². The van der Waals surface area contributed by atoms with Crippen molar-refractivity contribution in [2.75, 3.05) is 11.9 Å². The van der Waals surface area contributed by atoms with Gasteiger partial charge in [0, 0.05) is 18.8 Å². The van der Waals surface area contributed by atoms with Crippen molar-refractivity contribution in [3.8, 4) is 0 Å². The molecule has 0 spiro atoms. The van der Waals surface area contributed by atoms with Crippen LogP contribution in [0.2, 0.25) is 0 Å². The minimum Gasteiger partial charge on any atom is -0.396 e. The van der Waals surface area contributed by atoms with Crippen LogP contribution in [-0.4, -0.2) is 22.7 Å². The van der Waals surface area contributed by atoms with Gasteiger partial charge in [0.2, 0.25) is 0 Å². The Morgan fingerprint density at radius 3 is 3.06 bits per heavy atom. The normalized spacial score (nSPS) is 18.5. The molecule has 1 atom stereocenters. The highest BCUT2D eigenvalue weighted by Crippen LogP contribution is 2.24. The molecule has 17 heavy (non-hydrogen) atoms. The number of hydrogen-bond donors (Lipinski definition) is 2. The van der Waals surface area contributed by atoms with Gasteiger partial charge in [0.1, 0.15) is 5.82 Å². The second-order valence-electron chi connectivity index (χ2n) is 4.82. The van der Waals surface area contributed by atoms with E-state index in [-0.39, 0.29) is 0 Å². The van der Waals surface area contributed by atoms with Crippen molar-refractivity contribution >= 4 is 5.82 Å². The molecular formula is C14H22N2O. The number of nitrogens with zero attached hydrogens (tertiary/aromatic N) is 1. The van der Waals surface area contributed by atoms with Gasteiger partial charge in [0.15, 0.2) is 0 Å². The number of aryl methyl sites for hydroxylation is 1. The molecule has 3 heteroatoms. The molecule has 1 aliphatic rings. The topological polar surface area (TPSA) is 45.2 Å². The molecule has 94 valence electrons. The number of aliphatic hydroxyl groups is 1. The number of nitrogens with one attached hydrogen (secondary N) is 1. The lowest BCUT2D eigenvalue weighted by Gasteiger charge is -2.25. The molecule has 0 unspecified atom stereocenters. The Bertz CT molecular complexity index is 341. The summed E-state index contributed by atoms with van der Waals surface area (Å²) in [6.07, 6.45) is 10.0. The van der Waals surface area contributed by atoms with Crippen LogP contribution in [-0.2, 0) is 6.42 Å². The van der Waals surface area contributed by atoms with Crippen molar-refractivity contribution in [2.45, 2.75) is 51.0 Å². The number of fused-ring (bicyclic) bond motifs is 1. The first kappa shape index (κ1) is 12.4. The Morgan fingerprint density at radius 1 is 1.29 bits per heavy atom. The van der Waals surface area contributed by atoms with Gasteiger partial charge >= 0.3 is 0 Å². The third-order valence-electron chi connectivity index (χ3n) is 3.45. The van der Waals surface area contributed by atoms with Crippen LogP contribution in [0.5, 0.6) is 0 Å². The van der Waals surface area contributed by atoms with E-state index < -0.39 is 0 Å². The summed E-state index contributed by atoms with van der Waals surface area (Å²) >= 11 is 0. The molecule has 3 nitrogen and oxygen atoms in total. The second kappa shape index (κ2) is 6.60. The first-order valence-corrected chi connectivity index (χ1v) is 6.71. The zero-order valence-corrected chi connectivity index (χ0v) is 10.4. The minimum absolute atomic E-state index is 0.332. The van der Waals surface area contributed by atoms with Crippen LogP contribution in [0, 0.1) is 0 Å². The minimum atomic E-state index is 0.332. The van der Waals surface area contributed by atoms with Crippen molar-refractivity contribution in [1.82, 2.24) is 4.98 Å². The SMILES string of the molecule is OCCCCCC[C@H]1CCc2cccnc2N1. The maximum Gasteiger partial charge on any atom is 0.129 e. The zero-order chi connectivity index (χ0) is 11.9. The molecule has 1 aliphatic heterocycles. The van der Waals surface area contributed by atoms with Gasteiger partial charge in [-0.1, -0.05) is 25.3 Å². The molecule has 0 aliphatic carbocycles. The predicted octanol–water partition coefficient (Wildman–Crippen LogP) is 2.75. The Hall–Kier alpha value is -1.09. The van der Waals surface area contributed by atoms with E-state index in [0.29, 0.717) is 12.6 Å². The third-order valence-corrected chi connectivity index (χ3v) is 3.45. The molecule has 0 aromatic carbocycles. The van der Waals surface area contributed by atoms with E-state index in [1.165, 1.54) is 31.2 Å². The first-order chi connectivity index (χ1) is 8.40. The van der Waals surface area contributed by atoms with E-state index in [4.69, 9.17) is 5.11 Å². The summed E-state index contributed by atoms with van der Waals surface area (Å²) in [6.45, 7) is 0.332. The van der Waals surface area contributed by atoms with Crippen molar-refractivity contribution in [3.63, 3.8) is 0 Å². The van der Waals surface area contributed by atoms with Gasteiger partial charge in [-0.05, 0) is 37.3 Å². The Balaban J connectivity index is 1.71. The lowest BCUT2D eigenvalue weighted by molar-refractivity contribution is 0.282. The van der Waals surface area contributed by atoms with Crippen molar-refractivity contribution < 1.29 is 5.11 Å². The Labute approximate surface area is 103 Å². The van der Waals surface area contributed by atoms with Crippen LogP contribution >= 0.6 is 0 Å². The van der Waals surface area contributed by atoms with E-state index >= 15 is 0 Å². The second-order valence-corrected chi connectivity index (χ2v) is 4.82. The molecule has 1 aromatic rings. The standard InChI is InChI=1S/C14H22N2O/c17-11-4-2-1-3-7-13-9-8-12-6-5-10-15-14(12)16-13/h5-6,10,13,17H,1-4,7-9,11H2,(H,15,16)/t13-/m0/s1. The molecule has 2 rings (SSSR count). The predicted molar refractivity (Wildman–Crippen MR) is 70.1 cm³/mol. The summed E-state index contributed by atoms with van der Waals surface area (Å²) in [6, 6.07) is 4.76. The van der Waals surface area contributed by atoms with Gasteiger partial charge in [0.25, 0.3) is 0 Å². The van der Waals surface area contributed by atoms with Gasteiger partial charge in [-0.3, -0.25) is 0 Å². The molecule has 0 saturated heterocycles. The Kier molecular flexibility index (Phi) is 4.80. The maximum absolute atomic E-state index is 8.70. The summed E-state index contributed by atoms with van der Waals surface area (Å²) in [4.78, 5) is 4.38. The fraction of sp³-hybridized carbons (Fsp3) is 0.643. The van der Waals surface area contributed by atoms with Crippen LogP contribution in [0.3, 0.4) is 0 Å². The molecule has 0 bridgehead atoms. The highest BCUT2D eigenvalue weighted by Gasteiger charge is 2.17. The fourth-order valence-corrected chi connectivity index (χ4v) is 2.44. The van der Waals surface area contributed by atoms with Crippen molar-refractivity contribution in [1.29, 1.82) is 0 Å². The number of anilines is 1. The average Bonchev–Trinajstić information content (AvgIpc) is 2.38. The van der Waals surface area contributed by atoms with E-state index in [1.807, 2.05) is 12.3 Å². The molecule has 2 N–H and O–H groups in total. The number of unbranched alkanes of at least 4 members (excludes halogenated alkanes) is 3. The largest absolute Gasteiger partial charge is 0.396 e.